The number of carbonyl (C=O) groups is 1. The van der Waals surface area contributed by atoms with Gasteiger partial charge in [-0.3, -0.25) is 4.79 Å². The molecule has 0 aromatic heterocycles. The zero-order valence-electron chi connectivity index (χ0n) is 20.8. The second-order valence-corrected chi connectivity index (χ2v) is 10.7. The van der Waals surface area contributed by atoms with E-state index in [0.717, 1.165) is 17.8 Å². The van der Waals surface area contributed by atoms with Crippen LogP contribution in [0.2, 0.25) is 0 Å². The van der Waals surface area contributed by atoms with E-state index in [1.807, 2.05) is 19.1 Å². The van der Waals surface area contributed by atoms with Crippen molar-refractivity contribution in [1.82, 2.24) is 5.32 Å². The Hall–Kier alpha value is -3.21. The molecule has 0 aliphatic carbocycles. The molecule has 4 rings (SSSR count). The third-order valence-electron chi connectivity index (χ3n) is 6.42. The number of amides is 1. The van der Waals surface area contributed by atoms with Crippen LogP contribution in [0.25, 0.3) is 0 Å². The maximum atomic E-state index is 12.8. The van der Waals surface area contributed by atoms with Crippen LogP contribution in [0.5, 0.6) is 5.75 Å². The number of rotatable bonds is 9. The Balaban J connectivity index is 1.32. The Morgan fingerprint density at radius 1 is 1.11 bits per heavy atom. The SMILES string of the molecule is CC[S+]([O-])c1ccc([C@H](CO)NC(=O)c2ccc(N3CCC(Oc4ccc(C(F)(F)F)cc4)C3)cc2)cc1. The number of anilines is 1. The highest BCUT2D eigenvalue weighted by atomic mass is 32.2. The number of nitrogens with one attached hydrogen (secondary N) is 1. The van der Waals surface area contributed by atoms with Crippen molar-refractivity contribution in [2.75, 3.05) is 30.3 Å². The standard InChI is InChI=1S/C28H29F3N2O4S/c1-2-38(36)25-13-5-19(6-14-25)26(18-34)32-27(35)20-3-9-22(10-4-20)33-16-15-24(17-33)37-23-11-7-21(8-12-23)28(29,30)31/h3-14,24,26,34H,2,15-18H2,1H3,(H,32,35)/t24?,26-,38?/m0/s1. The topological polar surface area (TPSA) is 84.9 Å². The predicted molar refractivity (Wildman–Crippen MR) is 140 cm³/mol. The molecule has 1 aliphatic rings. The highest BCUT2D eigenvalue weighted by molar-refractivity contribution is 7.91. The second-order valence-electron chi connectivity index (χ2n) is 8.96. The average molecular weight is 547 g/mol. The number of ether oxygens (including phenoxy) is 1. The van der Waals surface area contributed by atoms with Crippen molar-refractivity contribution < 1.29 is 32.4 Å². The van der Waals surface area contributed by atoms with E-state index in [-0.39, 0.29) is 18.6 Å². The Labute approximate surface area is 222 Å². The minimum Gasteiger partial charge on any atom is -0.611 e. The van der Waals surface area contributed by atoms with E-state index < -0.39 is 29.0 Å². The molecule has 0 radical (unpaired) electrons. The molecule has 10 heteroatoms. The highest BCUT2D eigenvalue weighted by Crippen LogP contribution is 2.31. The molecule has 2 N–H and O–H groups in total. The number of aliphatic hydroxyl groups excluding tert-OH is 1. The van der Waals surface area contributed by atoms with Gasteiger partial charge in [-0.05, 0) is 84.3 Å². The largest absolute Gasteiger partial charge is 0.611 e. The molecule has 1 heterocycles. The summed E-state index contributed by atoms with van der Waals surface area (Å²) in [5, 5.41) is 12.7. The van der Waals surface area contributed by atoms with E-state index in [0.29, 0.717) is 47.0 Å². The number of aliphatic hydroxyl groups is 1. The average Bonchev–Trinajstić information content (AvgIpc) is 3.39. The van der Waals surface area contributed by atoms with Gasteiger partial charge in [-0.1, -0.05) is 12.1 Å². The first kappa shape index (κ1) is 27.8. The molecule has 1 aliphatic heterocycles. The fourth-order valence-corrected chi connectivity index (χ4v) is 5.06. The van der Waals surface area contributed by atoms with E-state index in [1.165, 1.54) is 12.1 Å². The van der Waals surface area contributed by atoms with E-state index >= 15 is 0 Å². The lowest BCUT2D eigenvalue weighted by atomic mass is 10.1. The van der Waals surface area contributed by atoms with Gasteiger partial charge < -0.3 is 24.6 Å². The van der Waals surface area contributed by atoms with Gasteiger partial charge in [-0.25, -0.2) is 0 Å². The van der Waals surface area contributed by atoms with E-state index in [4.69, 9.17) is 4.74 Å². The van der Waals surface area contributed by atoms with Crippen LogP contribution in [0, 0.1) is 0 Å². The summed E-state index contributed by atoms with van der Waals surface area (Å²) in [6.07, 6.45) is -3.83. The van der Waals surface area contributed by atoms with Crippen LogP contribution in [0.4, 0.5) is 18.9 Å². The zero-order valence-corrected chi connectivity index (χ0v) is 21.6. The van der Waals surface area contributed by atoms with Gasteiger partial charge in [0.15, 0.2) is 4.90 Å². The summed E-state index contributed by atoms with van der Waals surface area (Å²) < 4.78 is 56.1. The van der Waals surface area contributed by atoms with Gasteiger partial charge in [-0.15, -0.1) is 0 Å². The molecule has 0 saturated carbocycles. The van der Waals surface area contributed by atoms with Gasteiger partial charge >= 0.3 is 6.18 Å². The van der Waals surface area contributed by atoms with Gasteiger partial charge in [0.25, 0.3) is 5.91 Å². The second kappa shape index (κ2) is 12.1. The van der Waals surface area contributed by atoms with Crippen LogP contribution in [0.3, 0.4) is 0 Å². The fraction of sp³-hybridized carbons (Fsp3) is 0.321. The summed E-state index contributed by atoms with van der Waals surface area (Å²) in [7, 11) is 0. The molecule has 0 spiro atoms. The highest BCUT2D eigenvalue weighted by Gasteiger charge is 2.30. The molecule has 6 nitrogen and oxygen atoms in total. The maximum Gasteiger partial charge on any atom is 0.416 e. The minimum absolute atomic E-state index is 0.166. The van der Waals surface area contributed by atoms with Gasteiger partial charge in [0.1, 0.15) is 17.6 Å². The van der Waals surface area contributed by atoms with Crippen molar-refractivity contribution in [2.45, 2.75) is 36.6 Å². The number of alkyl halides is 3. The summed E-state index contributed by atoms with van der Waals surface area (Å²) in [6.45, 7) is 2.83. The summed E-state index contributed by atoms with van der Waals surface area (Å²) >= 11 is -1.07. The van der Waals surface area contributed by atoms with E-state index in [2.05, 4.69) is 10.2 Å². The van der Waals surface area contributed by atoms with Crippen LogP contribution in [0.15, 0.2) is 77.7 Å². The van der Waals surface area contributed by atoms with Crippen molar-refractivity contribution in [3.63, 3.8) is 0 Å². The quantitative estimate of drug-likeness (QED) is 0.371. The Morgan fingerprint density at radius 3 is 2.34 bits per heavy atom. The summed E-state index contributed by atoms with van der Waals surface area (Å²) in [5.74, 6) is 0.574. The molecule has 2 unspecified atom stereocenters. The van der Waals surface area contributed by atoms with Crippen molar-refractivity contribution in [1.29, 1.82) is 0 Å². The first-order valence-corrected chi connectivity index (χ1v) is 13.6. The smallest absolute Gasteiger partial charge is 0.416 e. The summed E-state index contributed by atoms with van der Waals surface area (Å²) in [4.78, 5) is 15.6. The normalized spacial score (nSPS) is 17.2. The van der Waals surface area contributed by atoms with Crippen molar-refractivity contribution >= 4 is 22.8 Å². The van der Waals surface area contributed by atoms with Crippen molar-refractivity contribution in [3.05, 3.63) is 89.5 Å². The molecule has 1 amide bonds. The van der Waals surface area contributed by atoms with Gasteiger partial charge in [0.05, 0.1) is 24.8 Å². The molecular formula is C28H29F3N2O4S. The van der Waals surface area contributed by atoms with Crippen molar-refractivity contribution in [3.8, 4) is 5.75 Å². The maximum absolute atomic E-state index is 12.8. The molecule has 202 valence electrons. The molecule has 3 atom stereocenters. The molecule has 0 bridgehead atoms. The number of hydrogen-bond acceptors (Lipinski definition) is 5. The van der Waals surface area contributed by atoms with Crippen LogP contribution in [-0.2, 0) is 17.4 Å². The molecule has 38 heavy (non-hydrogen) atoms. The fourth-order valence-electron chi connectivity index (χ4n) is 4.29. The van der Waals surface area contributed by atoms with Crippen LogP contribution >= 0.6 is 0 Å². The lowest BCUT2D eigenvalue weighted by Gasteiger charge is -2.20. The Kier molecular flexibility index (Phi) is 8.86. The number of hydrogen-bond donors (Lipinski definition) is 2. The van der Waals surface area contributed by atoms with Gasteiger partial charge in [-0.2, -0.15) is 13.2 Å². The molecule has 1 fully saturated rings. The Morgan fingerprint density at radius 2 is 1.76 bits per heavy atom. The van der Waals surface area contributed by atoms with Gasteiger partial charge in [0.2, 0.25) is 0 Å². The number of halogens is 3. The van der Waals surface area contributed by atoms with E-state index in [1.54, 1.807) is 36.4 Å². The lowest BCUT2D eigenvalue weighted by molar-refractivity contribution is -0.137. The number of benzene rings is 3. The molecule has 3 aromatic carbocycles. The molecule has 3 aromatic rings. The van der Waals surface area contributed by atoms with Crippen LogP contribution < -0.4 is 15.0 Å². The zero-order chi connectivity index (χ0) is 27.3. The lowest BCUT2D eigenvalue weighted by Crippen LogP contribution is -2.31. The van der Waals surface area contributed by atoms with E-state index in [9.17, 15) is 27.6 Å². The number of carbonyl (C=O) groups excluding carboxylic acids is 1. The first-order valence-electron chi connectivity index (χ1n) is 12.3. The van der Waals surface area contributed by atoms with Crippen LogP contribution in [0.1, 0.15) is 40.9 Å². The van der Waals surface area contributed by atoms with Gasteiger partial charge in [0, 0.05) is 24.2 Å². The monoisotopic (exact) mass is 546 g/mol. The third-order valence-corrected chi connectivity index (χ3v) is 7.74. The molecule has 1 saturated heterocycles. The molecular weight excluding hydrogens is 517 g/mol. The first-order chi connectivity index (χ1) is 18.2. The predicted octanol–water partition coefficient (Wildman–Crippen LogP) is 4.95. The minimum atomic E-state index is -4.38. The summed E-state index contributed by atoms with van der Waals surface area (Å²) in [5.41, 5.74) is 1.34. The van der Waals surface area contributed by atoms with Crippen molar-refractivity contribution in [2.24, 2.45) is 0 Å². The van der Waals surface area contributed by atoms with Crippen LogP contribution in [-0.4, -0.2) is 47.1 Å². The summed E-state index contributed by atoms with van der Waals surface area (Å²) in [6, 6.07) is 18.1. The number of nitrogens with zero attached hydrogens (tertiary/aromatic N) is 1. The third kappa shape index (κ3) is 6.80. The Bertz CT molecular complexity index is 1200.